The van der Waals surface area contributed by atoms with Crippen molar-refractivity contribution < 1.29 is 12.8 Å². The minimum atomic E-state index is -3.93. The summed E-state index contributed by atoms with van der Waals surface area (Å²) in [4.78, 5) is -0.425. The van der Waals surface area contributed by atoms with Crippen LogP contribution in [0.5, 0.6) is 0 Å². The summed E-state index contributed by atoms with van der Waals surface area (Å²) in [5, 5.41) is 0.142. The Morgan fingerprint density at radius 2 is 1.71 bits per heavy atom. The molecule has 2 aromatic carbocycles. The van der Waals surface area contributed by atoms with Crippen molar-refractivity contribution in [1.82, 2.24) is 4.72 Å². The molecule has 0 heterocycles. The van der Waals surface area contributed by atoms with Crippen LogP contribution >= 0.6 is 11.6 Å². The minimum absolute atomic E-state index is 0.0647. The van der Waals surface area contributed by atoms with E-state index in [9.17, 15) is 12.8 Å². The molecule has 0 atom stereocenters. The van der Waals surface area contributed by atoms with Crippen molar-refractivity contribution in [2.45, 2.75) is 18.0 Å². The first-order valence-corrected chi connectivity index (χ1v) is 8.01. The summed E-state index contributed by atoms with van der Waals surface area (Å²) in [7, 11) is -3.93. The van der Waals surface area contributed by atoms with Gasteiger partial charge in [0.1, 0.15) is 10.7 Å². The van der Waals surface area contributed by atoms with Crippen LogP contribution in [0.1, 0.15) is 11.1 Å². The maximum Gasteiger partial charge on any atom is 0.243 e. The number of halogens is 2. The van der Waals surface area contributed by atoms with Gasteiger partial charge in [0.05, 0.1) is 0 Å². The molecule has 112 valence electrons. The molecule has 2 aromatic rings. The van der Waals surface area contributed by atoms with Gasteiger partial charge in [-0.25, -0.2) is 17.5 Å². The second kappa shape index (κ2) is 6.53. The quantitative estimate of drug-likeness (QED) is 0.885. The topological polar surface area (TPSA) is 72.2 Å². The Hall–Kier alpha value is -1.47. The zero-order chi connectivity index (χ0) is 15.5. The monoisotopic (exact) mass is 328 g/mol. The number of hydrogen-bond donors (Lipinski definition) is 2. The molecule has 0 amide bonds. The molecular weight excluding hydrogens is 315 g/mol. The van der Waals surface area contributed by atoms with Gasteiger partial charge in [-0.2, -0.15) is 0 Å². The van der Waals surface area contributed by atoms with Gasteiger partial charge in [0.15, 0.2) is 0 Å². The van der Waals surface area contributed by atoms with Crippen molar-refractivity contribution >= 4 is 21.6 Å². The Morgan fingerprint density at radius 3 is 2.29 bits per heavy atom. The zero-order valence-corrected chi connectivity index (χ0v) is 12.6. The Balaban J connectivity index is 2.13. The average molecular weight is 329 g/mol. The molecule has 0 radical (unpaired) electrons. The van der Waals surface area contributed by atoms with Crippen LogP contribution in [0.25, 0.3) is 0 Å². The van der Waals surface area contributed by atoms with E-state index in [1.54, 1.807) is 12.1 Å². The number of sulfonamides is 1. The lowest BCUT2D eigenvalue weighted by Crippen LogP contribution is -2.24. The van der Waals surface area contributed by atoms with Crippen molar-refractivity contribution in [1.29, 1.82) is 0 Å². The van der Waals surface area contributed by atoms with Crippen molar-refractivity contribution in [2.24, 2.45) is 5.73 Å². The van der Waals surface area contributed by atoms with Crippen LogP contribution in [0.2, 0.25) is 5.02 Å². The lowest BCUT2D eigenvalue weighted by Gasteiger charge is -2.08. The molecule has 0 bridgehead atoms. The second-order valence-corrected chi connectivity index (χ2v) is 6.59. The molecule has 0 spiro atoms. The van der Waals surface area contributed by atoms with Crippen LogP contribution in [0, 0.1) is 5.82 Å². The fraction of sp³-hybridized carbons (Fsp3) is 0.143. The van der Waals surface area contributed by atoms with Gasteiger partial charge < -0.3 is 5.73 Å². The molecule has 0 aliphatic carbocycles. The smallest absolute Gasteiger partial charge is 0.243 e. The second-order valence-electron chi connectivity index (χ2n) is 4.42. The van der Waals surface area contributed by atoms with Gasteiger partial charge in [0.25, 0.3) is 0 Å². The number of nitrogens with two attached hydrogens (primary N) is 1. The maximum atomic E-state index is 13.7. The van der Waals surface area contributed by atoms with Crippen LogP contribution in [0.15, 0.2) is 47.4 Å². The number of benzene rings is 2. The molecule has 4 nitrogen and oxygen atoms in total. The first kappa shape index (κ1) is 15.9. The van der Waals surface area contributed by atoms with Gasteiger partial charge in [0.2, 0.25) is 10.0 Å². The summed E-state index contributed by atoms with van der Waals surface area (Å²) in [6.45, 7) is 0.483. The molecule has 2 rings (SSSR count). The summed E-state index contributed by atoms with van der Waals surface area (Å²) in [5.41, 5.74) is 7.19. The molecular formula is C14H14ClFN2O2S. The molecule has 0 saturated heterocycles. The largest absolute Gasteiger partial charge is 0.326 e. The van der Waals surface area contributed by atoms with Crippen LogP contribution in [0.3, 0.4) is 0 Å². The third kappa shape index (κ3) is 4.01. The summed E-state index contributed by atoms with van der Waals surface area (Å²) >= 11 is 5.60. The van der Waals surface area contributed by atoms with E-state index in [2.05, 4.69) is 4.72 Å². The van der Waals surface area contributed by atoms with Gasteiger partial charge in [-0.3, -0.25) is 0 Å². The summed E-state index contributed by atoms with van der Waals surface area (Å²) in [6.07, 6.45) is 0. The standard InChI is InChI=1S/C14H14ClFN2O2S/c15-12-5-6-14(13(16)7-12)21(19,20)18-9-11-3-1-10(8-17)2-4-11/h1-7,18H,8-9,17H2. The molecule has 0 aromatic heterocycles. The summed E-state index contributed by atoms with van der Waals surface area (Å²) in [6, 6.07) is 10.6. The zero-order valence-electron chi connectivity index (χ0n) is 11.0. The Labute approximate surface area is 127 Å². The fourth-order valence-electron chi connectivity index (χ4n) is 1.74. The maximum absolute atomic E-state index is 13.7. The highest BCUT2D eigenvalue weighted by atomic mass is 35.5. The Bertz CT molecular complexity index is 733. The normalized spacial score (nSPS) is 11.6. The highest BCUT2D eigenvalue weighted by Crippen LogP contribution is 2.19. The third-order valence-electron chi connectivity index (χ3n) is 2.91. The first-order chi connectivity index (χ1) is 9.92. The SMILES string of the molecule is NCc1ccc(CNS(=O)(=O)c2ccc(Cl)cc2F)cc1. The van der Waals surface area contributed by atoms with Crippen molar-refractivity contribution in [2.75, 3.05) is 0 Å². The lowest BCUT2D eigenvalue weighted by atomic mass is 10.1. The van der Waals surface area contributed by atoms with E-state index in [0.29, 0.717) is 6.54 Å². The van der Waals surface area contributed by atoms with Crippen LogP contribution in [-0.4, -0.2) is 8.42 Å². The number of nitrogens with one attached hydrogen (secondary N) is 1. The predicted molar refractivity (Wildman–Crippen MR) is 79.8 cm³/mol. The number of rotatable bonds is 5. The first-order valence-electron chi connectivity index (χ1n) is 6.15. The Morgan fingerprint density at radius 1 is 1.10 bits per heavy atom. The number of hydrogen-bond acceptors (Lipinski definition) is 3. The average Bonchev–Trinajstić information content (AvgIpc) is 2.45. The van der Waals surface area contributed by atoms with E-state index in [4.69, 9.17) is 17.3 Å². The van der Waals surface area contributed by atoms with Crippen molar-refractivity contribution in [3.8, 4) is 0 Å². The molecule has 0 fully saturated rings. The van der Waals surface area contributed by atoms with Gasteiger partial charge in [-0.05, 0) is 29.3 Å². The van der Waals surface area contributed by atoms with Gasteiger partial charge in [-0.1, -0.05) is 35.9 Å². The minimum Gasteiger partial charge on any atom is -0.326 e. The highest BCUT2D eigenvalue weighted by molar-refractivity contribution is 7.89. The fourth-order valence-corrected chi connectivity index (χ4v) is 2.98. The molecule has 3 N–H and O–H groups in total. The molecule has 0 saturated carbocycles. The summed E-state index contributed by atoms with van der Waals surface area (Å²) in [5.74, 6) is -0.881. The molecule has 0 aliphatic rings. The summed E-state index contributed by atoms with van der Waals surface area (Å²) < 4.78 is 40.1. The highest BCUT2D eigenvalue weighted by Gasteiger charge is 2.18. The predicted octanol–water partition coefficient (Wildman–Crippen LogP) is 2.42. The van der Waals surface area contributed by atoms with Gasteiger partial charge in [0, 0.05) is 18.1 Å². The van der Waals surface area contributed by atoms with E-state index in [1.807, 2.05) is 12.1 Å². The third-order valence-corrected chi connectivity index (χ3v) is 4.58. The van der Waals surface area contributed by atoms with E-state index < -0.39 is 20.7 Å². The van der Waals surface area contributed by atoms with Gasteiger partial charge >= 0.3 is 0 Å². The molecule has 7 heteroatoms. The van der Waals surface area contributed by atoms with Crippen LogP contribution in [-0.2, 0) is 23.1 Å². The van der Waals surface area contributed by atoms with E-state index >= 15 is 0 Å². The van der Waals surface area contributed by atoms with Crippen LogP contribution in [0.4, 0.5) is 4.39 Å². The van der Waals surface area contributed by atoms with Crippen molar-refractivity contribution in [3.05, 3.63) is 64.4 Å². The van der Waals surface area contributed by atoms with Gasteiger partial charge in [-0.15, -0.1) is 0 Å². The van der Waals surface area contributed by atoms with Crippen molar-refractivity contribution in [3.63, 3.8) is 0 Å². The van der Waals surface area contributed by atoms with E-state index in [1.165, 1.54) is 6.07 Å². The lowest BCUT2D eigenvalue weighted by molar-refractivity contribution is 0.557. The molecule has 21 heavy (non-hydrogen) atoms. The van der Waals surface area contributed by atoms with E-state index in [0.717, 1.165) is 23.3 Å². The molecule has 0 aliphatic heterocycles. The molecule has 0 unspecified atom stereocenters. The Kier molecular flexibility index (Phi) is 4.95. The van der Waals surface area contributed by atoms with Crippen LogP contribution < -0.4 is 10.5 Å². The van der Waals surface area contributed by atoms with E-state index in [-0.39, 0.29) is 11.6 Å².